The summed E-state index contributed by atoms with van der Waals surface area (Å²) < 4.78 is 11.9. The fourth-order valence-corrected chi connectivity index (χ4v) is 10.1. The molecule has 0 amide bonds. The Morgan fingerprint density at radius 2 is 0.815 bits per heavy atom. The number of anilines is 6. The number of rotatable bonds is 4. The quantitative estimate of drug-likeness (QED) is 0.165. The molecule has 10 rings (SSSR count). The van der Waals surface area contributed by atoms with Crippen LogP contribution in [0.25, 0.3) is 22.3 Å². The third kappa shape index (κ3) is 7.51. The van der Waals surface area contributed by atoms with E-state index in [1.165, 1.54) is 89.2 Å². The van der Waals surface area contributed by atoms with E-state index in [-0.39, 0.29) is 35.2 Å². The van der Waals surface area contributed by atoms with Crippen molar-refractivity contribution in [3.63, 3.8) is 0 Å². The van der Waals surface area contributed by atoms with Crippen LogP contribution in [0.2, 0.25) is 0 Å². The molecule has 0 fully saturated rings. The number of ether oxygens (including phenoxy) is 2. The molecular formula is C60H63BN2O2. The van der Waals surface area contributed by atoms with Crippen LogP contribution in [-0.4, -0.2) is 13.5 Å². The SMILES string of the molecule is Cc1cc2c3c(c1)N(c1ccc4c(c1)OCO4)c1ccc(C(C)(C)C)cc1B3c1cc(C(C)(C)C)ccc1N2c1cc(-c2ccc(C(C)(C)C)cc2)cc(-c2ccc(C(C)(C)C)cc2)c1. The molecule has 0 saturated heterocycles. The number of hydrogen-bond acceptors (Lipinski definition) is 4. The second-order valence-corrected chi connectivity index (χ2v) is 22.8. The largest absolute Gasteiger partial charge is 0.454 e. The average Bonchev–Trinajstić information content (AvgIpc) is 3.73. The Morgan fingerprint density at radius 1 is 0.385 bits per heavy atom. The van der Waals surface area contributed by atoms with Crippen molar-refractivity contribution in [2.45, 2.75) is 112 Å². The second kappa shape index (κ2) is 14.9. The van der Waals surface area contributed by atoms with E-state index in [0.717, 1.165) is 22.9 Å². The molecule has 0 bridgehead atoms. The maximum absolute atomic E-state index is 6.02. The predicted molar refractivity (Wildman–Crippen MR) is 277 cm³/mol. The van der Waals surface area contributed by atoms with Crippen LogP contribution in [0.4, 0.5) is 34.1 Å². The van der Waals surface area contributed by atoms with Crippen LogP contribution in [0.15, 0.2) is 133 Å². The summed E-state index contributed by atoms with van der Waals surface area (Å²) in [5.41, 5.74) is 22.2. The van der Waals surface area contributed by atoms with Crippen LogP contribution < -0.4 is 35.7 Å². The lowest BCUT2D eigenvalue weighted by Gasteiger charge is -2.45. The van der Waals surface area contributed by atoms with E-state index in [1.54, 1.807) is 0 Å². The Balaban J connectivity index is 1.27. The van der Waals surface area contributed by atoms with Crippen molar-refractivity contribution < 1.29 is 9.47 Å². The summed E-state index contributed by atoms with van der Waals surface area (Å²) in [4.78, 5) is 5.04. The number of aryl methyl sites for hydroxylation is 1. The molecule has 0 radical (unpaired) electrons. The highest BCUT2D eigenvalue weighted by molar-refractivity contribution is 7.00. The van der Waals surface area contributed by atoms with Crippen LogP contribution >= 0.6 is 0 Å². The Hall–Kier alpha value is -6.20. The van der Waals surface area contributed by atoms with Crippen molar-refractivity contribution in [1.29, 1.82) is 0 Å². The molecule has 3 aliphatic rings. The zero-order valence-electron chi connectivity index (χ0n) is 40.7. The van der Waals surface area contributed by atoms with Crippen LogP contribution in [0.5, 0.6) is 11.5 Å². The van der Waals surface area contributed by atoms with Gasteiger partial charge in [0.1, 0.15) is 0 Å². The number of benzene rings is 7. The molecule has 3 heterocycles. The van der Waals surface area contributed by atoms with Gasteiger partial charge in [-0.2, -0.15) is 0 Å². The first-order chi connectivity index (χ1) is 30.6. The van der Waals surface area contributed by atoms with Crippen molar-refractivity contribution in [2.75, 3.05) is 16.6 Å². The number of fused-ring (bicyclic) bond motifs is 5. The third-order valence-electron chi connectivity index (χ3n) is 13.9. The van der Waals surface area contributed by atoms with E-state index in [4.69, 9.17) is 9.47 Å². The van der Waals surface area contributed by atoms with Gasteiger partial charge in [-0.1, -0.05) is 156 Å². The molecule has 0 spiro atoms. The standard InChI is InChI=1S/C60H63BN2O2/c1-37-28-52-56-53(29-37)63(47-31-40(38-14-18-42(19-15-38)57(2,3)4)30-41(32-47)39-16-20-43(21-17-39)58(5,6)7)51-26-23-45(60(11,12)13)34-49(51)61(56)48-33-44(59(8,9)10)22-25-50(48)62(52)46-24-27-54-55(35-46)65-36-64-54/h14-35H,36H2,1-13H3. The third-order valence-corrected chi connectivity index (χ3v) is 13.9. The Bertz CT molecular complexity index is 2930. The first-order valence-corrected chi connectivity index (χ1v) is 23.4. The Labute approximate surface area is 388 Å². The summed E-state index contributed by atoms with van der Waals surface area (Å²) in [5.74, 6) is 1.56. The maximum atomic E-state index is 6.02. The molecule has 7 aromatic rings. The number of hydrogen-bond donors (Lipinski definition) is 0. The van der Waals surface area contributed by atoms with Crippen LogP contribution in [-0.2, 0) is 21.7 Å². The van der Waals surface area contributed by atoms with Crippen molar-refractivity contribution in [3.05, 3.63) is 161 Å². The summed E-state index contributed by atoms with van der Waals surface area (Å²) in [6, 6.07) is 51.3. The minimum absolute atomic E-state index is 0.00533. The molecule has 0 N–H and O–H groups in total. The van der Waals surface area contributed by atoms with Crippen LogP contribution in [0.3, 0.4) is 0 Å². The predicted octanol–water partition coefficient (Wildman–Crippen LogP) is 14.3. The highest BCUT2D eigenvalue weighted by Gasteiger charge is 2.44. The van der Waals surface area contributed by atoms with E-state index in [0.29, 0.717) is 0 Å². The first kappa shape index (κ1) is 42.7. The van der Waals surface area contributed by atoms with Gasteiger partial charge in [-0.05, 0) is 150 Å². The summed E-state index contributed by atoms with van der Waals surface area (Å²) >= 11 is 0. The molecule has 4 nitrogen and oxygen atoms in total. The second-order valence-electron chi connectivity index (χ2n) is 22.8. The zero-order chi connectivity index (χ0) is 46.0. The summed E-state index contributed by atoms with van der Waals surface area (Å²) in [7, 11) is 0. The Kier molecular flexibility index (Phi) is 9.81. The molecule has 0 saturated carbocycles. The molecule has 3 aliphatic heterocycles. The first-order valence-electron chi connectivity index (χ1n) is 23.4. The van der Waals surface area contributed by atoms with Crippen LogP contribution in [0, 0.1) is 6.92 Å². The van der Waals surface area contributed by atoms with Gasteiger partial charge in [0.15, 0.2) is 11.5 Å². The van der Waals surface area contributed by atoms with Gasteiger partial charge in [0, 0.05) is 34.5 Å². The molecular weight excluding hydrogens is 791 g/mol. The van der Waals surface area contributed by atoms with Gasteiger partial charge < -0.3 is 19.3 Å². The van der Waals surface area contributed by atoms with Gasteiger partial charge in [0.05, 0.1) is 5.69 Å². The van der Waals surface area contributed by atoms with Gasteiger partial charge in [0.2, 0.25) is 6.79 Å². The van der Waals surface area contributed by atoms with Crippen molar-refractivity contribution in [2.24, 2.45) is 0 Å². The van der Waals surface area contributed by atoms with Crippen molar-refractivity contribution in [1.82, 2.24) is 0 Å². The lowest BCUT2D eigenvalue weighted by molar-refractivity contribution is 0.174. The minimum atomic E-state index is -0.0506. The van der Waals surface area contributed by atoms with E-state index in [9.17, 15) is 0 Å². The fraction of sp³-hybridized carbons (Fsp3) is 0.300. The molecule has 0 aliphatic carbocycles. The number of nitrogens with zero attached hydrogens (tertiary/aromatic N) is 2. The molecule has 0 unspecified atom stereocenters. The van der Waals surface area contributed by atoms with Crippen LogP contribution in [0.1, 0.15) is 111 Å². The smallest absolute Gasteiger partial charge is 0.252 e. The minimum Gasteiger partial charge on any atom is -0.454 e. The van der Waals surface area contributed by atoms with Gasteiger partial charge >= 0.3 is 0 Å². The monoisotopic (exact) mass is 854 g/mol. The zero-order valence-corrected chi connectivity index (χ0v) is 40.7. The normalized spacial score (nSPS) is 14.3. The summed E-state index contributed by atoms with van der Waals surface area (Å²) in [5, 5.41) is 0. The molecule has 5 heteroatoms. The average molecular weight is 855 g/mol. The van der Waals surface area contributed by atoms with Crippen molar-refractivity contribution in [3.8, 4) is 33.8 Å². The molecule has 328 valence electrons. The molecule has 0 aromatic heterocycles. The van der Waals surface area contributed by atoms with Gasteiger partial charge in [0.25, 0.3) is 6.71 Å². The highest BCUT2D eigenvalue weighted by Crippen LogP contribution is 2.48. The Morgan fingerprint density at radius 3 is 1.28 bits per heavy atom. The fourth-order valence-electron chi connectivity index (χ4n) is 10.1. The van der Waals surface area contributed by atoms with Gasteiger partial charge in [-0.15, -0.1) is 0 Å². The molecule has 0 atom stereocenters. The lowest BCUT2D eigenvalue weighted by atomic mass is 9.33. The van der Waals surface area contributed by atoms with Gasteiger partial charge in [-0.25, -0.2) is 0 Å². The van der Waals surface area contributed by atoms with Crippen molar-refractivity contribution >= 4 is 57.2 Å². The highest BCUT2D eigenvalue weighted by atomic mass is 16.7. The maximum Gasteiger partial charge on any atom is 0.252 e. The van der Waals surface area contributed by atoms with E-state index < -0.39 is 0 Å². The van der Waals surface area contributed by atoms with E-state index >= 15 is 0 Å². The topological polar surface area (TPSA) is 24.9 Å². The lowest BCUT2D eigenvalue weighted by Crippen LogP contribution is -2.61. The summed E-state index contributed by atoms with van der Waals surface area (Å²) in [6.45, 7) is 30.1. The van der Waals surface area contributed by atoms with E-state index in [1.807, 2.05) is 0 Å². The molecule has 65 heavy (non-hydrogen) atoms. The molecule has 7 aromatic carbocycles. The summed E-state index contributed by atoms with van der Waals surface area (Å²) in [6.07, 6.45) is 0. The van der Waals surface area contributed by atoms with E-state index in [2.05, 4.69) is 233 Å². The van der Waals surface area contributed by atoms with Gasteiger partial charge in [-0.3, -0.25) is 0 Å².